The van der Waals surface area contributed by atoms with Crippen LogP contribution in [-0.4, -0.2) is 22.8 Å². The van der Waals surface area contributed by atoms with Gasteiger partial charge in [0.15, 0.2) is 0 Å². The second kappa shape index (κ2) is 5.60. The molecule has 1 aromatic heterocycles. The maximum Gasteiger partial charge on any atom is 0.127 e. The Morgan fingerprint density at radius 3 is 2.79 bits per heavy atom. The summed E-state index contributed by atoms with van der Waals surface area (Å²) >= 11 is 6.19. The zero-order valence-corrected chi connectivity index (χ0v) is 12.0. The van der Waals surface area contributed by atoms with Crippen molar-refractivity contribution in [1.29, 1.82) is 5.26 Å². The molecule has 1 aromatic carbocycles. The molecule has 5 heteroatoms. The highest BCUT2D eigenvalue weighted by Crippen LogP contribution is 2.26. The van der Waals surface area contributed by atoms with Gasteiger partial charge in [-0.1, -0.05) is 6.07 Å². The number of nitriles is 1. The third kappa shape index (κ3) is 2.58. The second-order valence-electron chi connectivity index (χ2n) is 4.53. The summed E-state index contributed by atoms with van der Waals surface area (Å²) in [6, 6.07) is 7.75. The van der Waals surface area contributed by atoms with Gasteiger partial charge in [-0.05, 0) is 26.0 Å². The predicted octanol–water partition coefficient (Wildman–Crippen LogP) is 3.24. The number of imidazole rings is 1. The van der Waals surface area contributed by atoms with Crippen LogP contribution in [-0.2, 0) is 11.3 Å². The Morgan fingerprint density at radius 2 is 2.21 bits per heavy atom. The molecule has 1 heterocycles. The van der Waals surface area contributed by atoms with E-state index in [1.165, 1.54) is 0 Å². The van der Waals surface area contributed by atoms with Crippen LogP contribution < -0.4 is 0 Å². The van der Waals surface area contributed by atoms with Gasteiger partial charge in [-0.3, -0.25) is 0 Å². The van der Waals surface area contributed by atoms with Crippen LogP contribution >= 0.6 is 11.6 Å². The van der Waals surface area contributed by atoms with E-state index >= 15 is 0 Å². The first-order valence-corrected chi connectivity index (χ1v) is 6.58. The lowest BCUT2D eigenvalue weighted by molar-refractivity contribution is 0.103. The van der Waals surface area contributed by atoms with Crippen LogP contribution in [0.5, 0.6) is 0 Å². The summed E-state index contributed by atoms with van der Waals surface area (Å²) in [6.45, 7) is 4.53. The molecule has 0 aliphatic rings. The lowest BCUT2D eigenvalue weighted by Crippen LogP contribution is -2.16. The molecule has 0 aliphatic carbocycles. The molecule has 0 N–H and O–H groups in total. The average molecular weight is 278 g/mol. The number of halogens is 1. The summed E-state index contributed by atoms with van der Waals surface area (Å²) in [5.41, 5.74) is 2.20. The summed E-state index contributed by atoms with van der Waals surface area (Å²) in [4.78, 5) is 4.52. The molecule has 0 radical (unpaired) electrons. The molecule has 2 rings (SSSR count). The second-order valence-corrected chi connectivity index (χ2v) is 5.18. The number of hydrogen-bond donors (Lipinski definition) is 0. The molecule has 0 aliphatic heterocycles. The van der Waals surface area contributed by atoms with Crippen molar-refractivity contribution in [3.63, 3.8) is 0 Å². The molecule has 2 atom stereocenters. The van der Waals surface area contributed by atoms with Crippen LogP contribution in [0.25, 0.3) is 11.0 Å². The van der Waals surface area contributed by atoms with Crippen LogP contribution in [0.4, 0.5) is 0 Å². The maximum atomic E-state index is 9.15. The summed E-state index contributed by atoms with van der Waals surface area (Å²) in [7, 11) is 1.67. The molecule has 0 amide bonds. The van der Waals surface area contributed by atoms with E-state index in [1.54, 1.807) is 13.2 Å². The molecular weight excluding hydrogens is 262 g/mol. The summed E-state index contributed by atoms with van der Waals surface area (Å²) in [6.07, 6.45) is 0.0531. The number of hydrogen-bond acceptors (Lipinski definition) is 3. The van der Waals surface area contributed by atoms with Gasteiger partial charge in [0.05, 0.1) is 29.1 Å². The van der Waals surface area contributed by atoms with Gasteiger partial charge in [0.2, 0.25) is 0 Å². The molecule has 19 heavy (non-hydrogen) atoms. The van der Waals surface area contributed by atoms with Crippen molar-refractivity contribution in [2.45, 2.75) is 31.9 Å². The Hall–Kier alpha value is -1.57. The van der Waals surface area contributed by atoms with Crippen molar-refractivity contribution >= 4 is 22.6 Å². The van der Waals surface area contributed by atoms with Crippen molar-refractivity contribution in [2.24, 2.45) is 0 Å². The van der Waals surface area contributed by atoms with Gasteiger partial charge in [0, 0.05) is 7.11 Å². The zero-order valence-electron chi connectivity index (χ0n) is 11.2. The first-order valence-electron chi connectivity index (χ1n) is 6.14. The van der Waals surface area contributed by atoms with E-state index < -0.39 is 0 Å². The number of aromatic nitrogens is 2. The number of ether oxygens (including phenoxy) is 1. The third-order valence-corrected chi connectivity index (χ3v) is 3.32. The molecule has 0 spiro atoms. The van der Waals surface area contributed by atoms with E-state index in [-0.39, 0.29) is 11.5 Å². The topological polar surface area (TPSA) is 50.8 Å². The van der Waals surface area contributed by atoms with Gasteiger partial charge in [0.25, 0.3) is 0 Å². The Labute approximate surface area is 117 Å². The van der Waals surface area contributed by atoms with Gasteiger partial charge >= 0.3 is 0 Å². The van der Waals surface area contributed by atoms with E-state index in [1.807, 2.05) is 30.5 Å². The minimum absolute atomic E-state index is 0.0531. The molecule has 0 saturated heterocycles. The van der Waals surface area contributed by atoms with Crippen LogP contribution in [0.15, 0.2) is 18.2 Å². The number of fused-ring (bicyclic) bond motifs is 1. The quantitative estimate of drug-likeness (QED) is 0.806. The van der Waals surface area contributed by atoms with Gasteiger partial charge in [-0.15, -0.1) is 11.6 Å². The Balaban J connectivity index is 2.65. The lowest BCUT2D eigenvalue weighted by Gasteiger charge is -2.14. The van der Waals surface area contributed by atoms with Gasteiger partial charge < -0.3 is 9.30 Å². The van der Waals surface area contributed by atoms with Crippen molar-refractivity contribution < 1.29 is 4.74 Å². The fourth-order valence-electron chi connectivity index (χ4n) is 2.08. The maximum absolute atomic E-state index is 9.15. The molecule has 0 saturated carbocycles. The first kappa shape index (κ1) is 13.9. The largest absolute Gasteiger partial charge is 0.380 e. The molecule has 0 fully saturated rings. The van der Waals surface area contributed by atoms with Gasteiger partial charge in [0.1, 0.15) is 17.4 Å². The smallest absolute Gasteiger partial charge is 0.127 e. The van der Waals surface area contributed by atoms with Crippen molar-refractivity contribution in [2.75, 3.05) is 7.11 Å². The number of para-hydroxylation sites is 1. The number of benzene rings is 1. The molecule has 0 bridgehead atoms. The van der Waals surface area contributed by atoms with E-state index in [0.29, 0.717) is 17.6 Å². The first-order chi connectivity index (χ1) is 9.08. The molecule has 100 valence electrons. The minimum atomic E-state index is -0.219. The van der Waals surface area contributed by atoms with E-state index in [9.17, 15) is 0 Å². The number of alkyl halides is 1. The van der Waals surface area contributed by atoms with E-state index in [2.05, 4.69) is 11.1 Å². The van der Waals surface area contributed by atoms with Crippen LogP contribution in [0.2, 0.25) is 0 Å². The SMILES string of the molecule is COC(C)Cn1c(C(C)Cl)nc2c(C#N)cccc21. The van der Waals surface area contributed by atoms with Crippen LogP contribution in [0.1, 0.15) is 30.6 Å². The number of methoxy groups -OCH3 is 1. The van der Waals surface area contributed by atoms with Gasteiger partial charge in [-0.25, -0.2) is 4.98 Å². The van der Waals surface area contributed by atoms with Crippen molar-refractivity contribution in [3.05, 3.63) is 29.6 Å². The molecular formula is C14H16ClN3O. The molecule has 2 unspecified atom stereocenters. The fourth-order valence-corrected chi connectivity index (χ4v) is 2.25. The summed E-state index contributed by atoms with van der Waals surface area (Å²) in [5, 5.41) is 8.93. The Morgan fingerprint density at radius 1 is 1.47 bits per heavy atom. The molecule has 2 aromatic rings. The number of nitrogens with zero attached hydrogens (tertiary/aromatic N) is 3. The third-order valence-electron chi connectivity index (χ3n) is 3.13. The predicted molar refractivity (Wildman–Crippen MR) is 75.2 cm³/mol. The monoisotopic (exact) mass is 277 g/mol. The number of rotatable bonds is 4. The van der Waals surface area contributed by atoms with Crippen molar-refractivity contribution in [1.82, 2.24) is 9.55 Å². The van der Waals surface area contributed by atoms with Crippen molar-refractivity contribution in [3.8, 4) is 6.07 Å². The fraction of sp³-hybridized carbons (Fsp3) is 0.429. The van der Waals surface area contributed by atoms with E-state index in [0.717, 1.165) is 11.3 Å². The normalized spacial score (nSPS) is 14.3. The van der Waals surface area contributed by atoms with Crippen LogP contribution in [0.3, 0.4) is 0 Å². The summed E-state index contributed by atoms with van der Waals surface area (Å²) < 4.78 is 7.34. The highest BCUT2D eigenvalue weighted by atomic mass is 35.5. The highest BCUT2D eigenvalue weighted by Gasteiger charge is 2.18. The minimum Gasteiger partial charge on any atom is -0.380 e. The average Bonchev–Trinajstić information content (AvgIpc) is 2.77. The zero-order chi connectivity index (χ0) is 14.0. The Kier molecular flexibility index (Phi) is 4.08. The van der Waals surface area contributed by atoms with Gasteiger partial charge in [-0.2, -0.15) is 5.26 Å². The highest BCUT2D eigenvalue weighted by molar-refractivity contribution is 6.20. The summed E-state index contributed by atoms with van der Waals surface area (Å²) in [5.74, 6) is 0.767. The van der Waals surface area contributed by atoms with E-state index in [4.69, 9.17) is 21.6 Å². The standard InChI is InChI=1S/C14H16ClN3O/c1-9(19-3)8-18-12-6-4-5-11(7-16)13(12)17-14(18)10(2)15/h4-6,9-10H,8H2,1-3H3. The van der Waals surface area contributed by atoms with Crippen LogP contribution in [0, 0.1) is 11.3 Å². The lowest BCUT2D eigenvalue weighted by atomic mass is 10.2. The molecule has 4 nitrogen and oxygen atoms in total. The Bertz CT molecular complexity index is 627.